The fourth-order valence-electron chi connectivity index (χ4n) is 9.12. The Balaban J connectivity index is 1.40. The van der Waals surface area contributed by atoms with Crippen LogP contribution in [0.15, 0.2) is 11.6 Å². The molecule has 4 unspecified atom stereocenters. The number of allylic oxidation sites excluding steroid dienone is 1. The van der Waals surface area contributed by atoms with Crippen molar-refractivity contribution in [2.75, 3.05) is 13.2 Å². The number of fused-ring (bicyclic) bond motifs is 4. The van der Waals surface area contributed by atoms with Crippen LogP contribution in [0.2, 0.25) is 0 Å². The molecule has 6 aliphatic rings. The van der Waals surface area contributed by atoms with E-state index < -0.39 is 5.79 Å². The second-order valence-electron chi connectivity index (χ2n) is 11.1. The number of aliphatic hydroxyl groups is 2. The van der Waals surface area contributed by atoms with E-state index in [1.165, 1.54) is 24.8 Å². The van der Waals surface area contributed by atoms with Crippen LogP contribution in [-0.4, -0.2) is 41.4 Å². The van der Waals surface area contributed by atoms with E-state index >= 15 is 0 Å². The maximum atomic E-state index is 11.5. The van der Waals surface area contributed by atoms with E-state index in [9.17, 15) is 10.2 Å². The third-order valence-electron chi connectivity index (χ3n) is 10.6. The Labute approximate surface area is 162 Å². The molecule has 5 fully saturated rings. The van der Waals surface area contributed by atoms with E-state index in [2.05, 4.69) is 26.8 Å². The molecule has 1 spiro atoms. The molecule has 0 aromatic carbocycles. The van der Waals surface area contributed by atoms with Gasteiger partial charge in [-0.3, -0.25) is 0 Å². The van der Waals surface area contributed by atoms with Crippen LogP contribution < -0.4 is 0 Å². The van der Waals surface area contributed by atoms with Crippen molar-refractivity contribution >= 4 is 0 Å². The van der Waals surface area contributed by atoms with Crippen LogP contribution in [0.3, 0.4) is 0 Å². The first-order chi connectivity index (χ1) is 12.8. The number of hydrogen-bond acceptors (Lipinski definition) is 4. The van der Waals surface area contributed by atoms with Crippen molar-refractivity contribution < 1.29 is 19.7 Å². The molecule has 0 aromatic rings. The zero-order valence-corrected chi connectivity index (χ0v) is 16.9. The molecule has 0 aromatic heterocycles. The van der Waals surface area contributed by atoms with E-state index in [-0.39, 0.29) is 34.4 Å². The van der Waals surface area contributed by atoms with Crippen LogP contribution in [-0.2, 0) is 9.47 Å². The van der Waals surface area contributed by atoms with Crippen molar-refractivity contribution in [1.29, 1.82) is 0 Å². The van der Waals surface area contributed by atoms with Gasteiger partial charge in [0, 0.05) is 16.7 Å². The monoisotopic (exact) mass is 374 g/mol. The lowest BCUT2D eigenvalue weighted by Crippen LogP contribution is -2.60. The average molecular weight is 375 g/mol. The SMILES string of the molecule is CC1(C2CC=C3C4C[C@@H](O)[C@]56CC5CC[C@]6(C)C4C[C@@H](O)[C@@]32C)OCCO1. The summed E-state index contributed by atoms with van der Waals surface area (Å²) < 4.78 is 12.1. The molecule has 4 nitrogen and oxygen atoms in total. The quantitative estimate of drug-likeness (QED) is 0.692. The Kier molecular flexibility index (Phi) is 3.23. The summed E-state index contributed by atoms with van der Waals surface area (Å²) in [7, 11) is 0. The van der Waals surface area contributed by atoms with E-state index in [4.69, 9.17) is 9.47 Å². The lowest BCUT2D eigenvalue weighted by molar-refractivity contribution is -0.223. The Morgan fingerprint density at radius 2 is 1.78 bits per heavy atom. The molecule has 4 heteroatoms. The van der Waals surface area contributed by atoms with Gasteiger partial charge in [0.15, 0.2) is 5.79 Å². The highest BCUT2D eigenvalue weighted by atomic mass is 16.7. The van der Waals surface area contributed by atoms with Crippen molar-refractivity contribution in [3.8, 4) is 0 Å². The maximum absolute atomic E-state index is 11.5. The highest BCUT2D eigenvalue weighted by Crippen LogP contribution is 2.81. The van der Waals surface area contributed by atoms with E-state index in [0.29, 0.717) is 25.0 Å². The summed E-state index contributed by atoms with van der Waals surface area (Å²) >= 11 is 0. The van der Waals surface area contributed by atoms with Crippen molar-refractivity contribution in [3.05, 3.63) is 11.6 Å². The summed E-state index contributed by atoms with van der Waals surface area (Å²) in [5.74, 6) is 1.18. The number of aliphatic hydroxyl groups excluding tert-OH is 2. The number of hydrogen-bond donors (Lipinski definition) is 2. The summed E-state index contributed by atoms with van der Waals surface area (Å²) in [4.78, 5) is 0. The largest absolute Gasteiger partial charge is 0.392 e. The molecule has 1 heterocycles. The van der Waals surface area contributed by atoms with Crippen LogP contribution in [0.5, 0.6) is 0 Å². The summed E-state index contributed by atoms with van der Waals surface area (Å²) in [6.45, 7) is 8.01. The second-order valence-corrected chi connectivity index (χ2v) is 11.1. The molecule has 6 rings (SSSR count). The Morgan fingerprint density at radius 3 is 2.48 bits per heavy atom. The molecule has 5 aliphatic carbocycles. The lowest BCUT2D eigenvalue weighted by Gasteiger charge is -2.60. The molecule has 2 N–H and O–H groups in total. The van der Waals surface area contributed by atoms with E-state index in [1.54, 1.807) is 0 Å². The summed E-state index contributed by atoms with van der Waals surface area (Å²) in [5, 5.41) is 22.7. The van der Waals surface area contributed by atoms with Gasteiger partial charge in [-0.2, -0.15) is 0 Å². The smallest absolute Gasteiger partial charge is 0.169 e. The van der Waals surface area contributed by atoms with Gasteiger partial charge in [0.05, 0.1) is 25.4 Å². The highest BCUT2D eigenvalue weighted by molar-refractivity contribution is 5.36. The summed E-state index contributed by atoms with van der Waals surface area (Å²) in [6.07, 6.45) is 8.21. The van der Waals surface area contributed by atoms with Crippen molar-refractivity contribution in [3.63, 3.8) is 0 Å². The fraction of sp³-hybridized carbons (Fsp3) is 0.913. The van der Waals surface area contributed by atoms with Crippen LogP contribution in [0.1, 0.15) is 59.3 Å². The first-order valence-corrected chi connectivity index (χ1v) is 11.1. The summed E-state index contributed by atoms with van der Waals surface area (Å²) in [6, 6.07) is 0. The fourth-order valence-corrected chi connectivity index (χ4v) is 9.12. The molecule has 0 bridgehead atoms. The molecule has 0 radical (unpaired) electrons. The van der Waals surface area contributed by atoms with Crippen LogP contribution >= 0.6 is 0 Å². The van der Waals surface area contributed by atoms with Gasteiger partial charge in [0.1, 0.15) is 0 Å². The molecule has 0 amide bonds. The van der Waals surface area contributed by atoms with E-state index in [1.807, 2.05) is 0 Å². The van der Waals surface area contributed by atoms with Gasteiger partial charge >= 0.3 is 0 Å². The predicted octanol–water partition coefficient (Wildman–Crippen LogP) is 3.27. The third-order valence-corrected chi connectivity index (χ3v) is 10.6. The van der Waals surface area contributed by atoms with Gasteiger partial charge in [-0.15, -0.1) is 0 Å². The zero-order valence-electron chi connectivity index (χ0n) is 16.9. The molecule has 4 saturated carbocycles. The molecule has 27 heavy (non-hydrogen) atoms. The maximum Gasteiger partial charge on any atom is 0.169 e. The lowest BCUT2D eigenvalue weighted by atomic mass is 9.46. The average Bonchev–Trinajstić information content (AvgIpc) is 2.88. The van der Waals surface area contributed by atoms with Crippen LogP contribution in [0.25, 0.3) is 0 Å². The minimum Gasteiger partial charge on any atom is -0.392 e. The zero-order chi connectivity index (χ0) is 18.8. The third kappa shape index (κ3) is 1.77. The van der Waals surface area contributed by atoms with Crippen molar-refractivity contribution in [1.82, 2.24) is 0 Å². The van der Waals surface area contributed by atoms with Crippen molar-refractivity contribution in [2.45, 2.75) is 77.3 Å². The Hall–Kier alpha value is -0.420. The Bertz CT molecular complexity index is 711. The topological polar surface area (TPSA) is 58.9 Å². The van der Waals surface area contributed by atoms with Gasteiger partial charge in [0.2, 0.25) is 0 Å². The first-order valence-electron chi connectivity index (χ1n) is 11.1. The second kappa shape index (κ2) is 5.00. The van der Waals surface area contributed by atoms with Gasteiger partial charge < -0.3 is 19.7 Å². The molecular weight excluding hydrogens is 340 g/mol. The molecule has 1 saturated heterocycles. The van der Waals surface area contributed by atoms with Crippen molar-refractivity contribution in [2.24, 2.45) is 39.9 Å². The first kappa shape index (κ1) is 17.4. The summed E-state index contributed by atoms with van der Waals surface area (Å²) in [5.41, 5.74) is 1.44. The van der Waals surface area contributed by atoms with Crippen LogP contribution in [0.4, 0.5) is 0 Å². The normalized spacial score (nSPS) is 60.3. The number of ether oxygens (including phenoxy) is 2. The molecular formula is C23H34O4. The van der Waals surface area contributed by atoms with Gasteiger partial charge in [-0.05, 0) is 68.6 Å². The molecule has 150 valence electrons. The van der Waals surface area contributed by atoms with Gasteiger partial charge in [-0.1, -0.05) is 25.5 Å². The van der Waals surface area contributed by atoms with Crippen LogP contribution in [0, 0.1) is 39.9 Å². The molecule has 1 aliphatic heterocycles. The molecule has 9 atom stereocenters. The van der Waals surface area contributed by atoms with Gasteiger partial charge in [0.25, 0.3) is 0 Å². The standard InChI is InChI=1S/C23H34O4/c1-20-7-6-13-12-23(13,20)19(25)10-14-15-4-5-17(22(3)26-8-9-27-22)21(15,2)18(24)11-16(14)20/h4,13-14,16-19,24-25H,5-12H2,1-3H3/t13?,14?,16?,17?,18-,19-,20-,21+,23+/m1/s1. The minimum atomic E-state index is -0.603. The van der Waals surface area contributed by atoms with Gasteiger partial charge in [-0.25, -0.2) is 0 Å². The van der Waals surface area contributed by atoms with E-state index in [0.717, 1.165) is 25.2 Å². The predicted molar refractivity (Wildman–Crippen MR) is 101 cm³/mol. The minimum absolute atomic E-state index is 0.150. The number of rotatable bonds is 1. The highest BCUT2D eigenvalue weighted by Gasteiger charge is 2.77. The Morgan fingerprint density at radius 1 is 1.04 bits per heavy atom.